The molecule has 0 spiro atoms. The van der Waals surface area contributed by atoms with Crippen LogP contribution in [0.4, 0.5) is 0 Å². The second-order valence-corrected chi connectivity index (χ2v) is 1.69. The average molecular weight is 162 g/mol. The van der Waals surface area contributed by atoms with Crippen molar-refractivity contribution in [2.24, 2.45) is 0 Å². The highest BCUT2D eigenvalue weighted by Crippen LogP contribution is 1.92. The van der Waals surface area contributed by atoms with E-state index in [1.165, 1.54) is 0 Å². The smallest absolute Gasteiger partial charge is 0.330 e. The normalized spacial score (nSPS) is 9.20. The van der Waals surface area contributed by atoms with Crippen LogP contribution in [0.1, 0.15) is 0 Å². The third kappa shape index (κ3) is 5.41. The Balaban J connectivity index is 3.11. The first-order chi connectivity index (χ1) is 4.81. The van der Waals surface area contributed by atoms with Crippen molar-refractivity contribution in [3.05, 3.63) is 12.7 Å². The van der Waals surface area contributed by atoms with Crippen LogP contribution in [0, 0.1) is 0 Å². The van der Waals surface area contributed by atoms with Gasteiger partial charge >= 0.3 is 14.7 Å². The van der Waals surface area contributed by atoms with Crippen LogP contribution in [-0.2, 0) is 18.6 Å². The minimum atomic E-state index is -0.508. The van der Waals surface area contributed by atoms with Gasteiger partial charge < -0.3 is 4.74 Å². The summed E-state index contributed by atoms with van der Waals surface area (Å²) in [6, 6.07) is 0. The molecule has 0 saturated carbocycles. The molecule has 56 valence electrons. The fourth-order valence-electron chi connectivity index (χ4n) is 0.276. The van der Waals surface area contributed by atoms with Crippen molar-refractivity contribution in [1.29, 1.82) is 0 Å². The number of hydrogen-bond acceptors (Lipinski definition) is 4. The Morgan fingerprint density at radius 2 is 2.30 bits per heavy atom. The van der Waals surface area contributed by atoms with Gasteiger partial charge in [-0.15, -0.1) is 0 Å². The van der Waals surface area contributed by atoms with Crippen molar-refractivity contribution in [3.8, 4) is 0 Å². The van der Waals surface area contributed by atoms with Gasteiger partial charge in [0, 0.05) is 6.08 Å². The number of hydrogen-bond donors (Lipinski definition) is 0. The van der Waals surface area contributed by atoms with Gasteiger partial charge in [-0.1, -0.05) is 6.58 Å². The zero-order valence-corrected chi connectivity index (χ0v) is 6.17. The SMILES string of the molecule is C=CC(=O)OCCOP=O. The van der Waals surface area contributed by atoms with Crippen molar-refractivity contribution in [2.75, 3.05) is 13.2 Å². The van der Waals surface area contributed by atoms with E-state index in [1.807, 2.05) is 0 Å². The van der Waals surface area contributed by atoms with Crippen LogP contribution in [0.2, 0.25) is 0 Å². The summed E-state index contributed by atoms with van der Waals surface area (Å²) >= 11 is 0. The van der Waals surface area contributed by atoms with Gasteiger partial charge in [-0.05, 0) is 0 Å². The number of carbonyl (C=O) groups is 1. The molecule has 0 unspecified atom stereocenters. The van der Waals surface area contributed by atoms with Crippen molar-refractivity contribution >= 4 is 14.7 Å². The van der Waals surface area contributed by atoms with Gasteiger partial charge in [0.15, 0.2) is 0 Å². The fourth-order valence-corrected chi connectivity index (χ4v) is 0.425. The molecule has 0 aromatic carbocycles. The number of rotatable bonds is 5. The summed E-state index contributed by atoms with van der Waals surface area (Å²) in [5.74, 6) is -0.508. The molecule has 0 aliphatic rings. The zero-order chi connectivity index (χ0) is 7.82. The monoisotopic (exact) mass is 162 g/mol. The second kappa shape index (κ2) is 6.39. The van der Waals surface area contributed by atoms with Crippen LogP contribution in [0.15, 0.2) is 12.7 Å². The van der Waals surface area contributed by atoms with Crippen molar-refractivity contribution in [3.63, 3.8) is 0 Å². The van der Waals surface area contributed by atoms with Gasteiger partial charge in [0.05, 0.1) is 6.61 Å². The fraction of sp³-hybridized carbons (Fsp3) is 0.400. The quantitative estimate of drug-likeness (QED) is 0.261. The van der Waals surface area contributed by atoms with E-state index in [0.29, 0.717) is 0 Å². The molecule has 0 aromatic heterocycles. The zero-order valence-electron chi connectivity index (χ0n) is 5.28. The Morgan fingerprint density at radius 1 is 1.60 bits per heavy atom. The van der Waals surface area contributed by atoms with Crippen LogP contribution in [0.25, 0.3) is 0 Å². The maximum absolute atomic E-state index is 10.3. The summed E-state index contributed by atoms with van der Waals surface area (Å²) in [7, 11) is -0.406. The van der Waals surface area contributed by atoms with Crippen LogP contribution < -0.4 is 0 Å². The Bertz CT molecular complexity index is 134. The summed E-state index contributed by atoms with van der Waals surface area (Å²) in [6.45, 7) is 3.41. The van der Waals surface area contributed by atoms with Crippen LogP contribution in [-0.4, -0.2) is 19.2 Å². The van der Waals surface area contributed by atoms with Crippen molar-refractivity contribution in [2.45, 2.75) is 0 Å². The van der Waals surface area contributed by atoms with Crippen molar-refractivity contribution < 1.29 is 18.6 Å². The van der Waals surface area contributed by atoms with Crippen molar-refractivity contribution in [1.82, 2.24) is 0 Å². The molecule has 10 heavy (non-hydrogen) atoms. The molecule has 0 bridgehead atoms. The molecule has 0 aromatic rings. The highest BCUT2D eigenvalue weighted by Gasteiger charge is 1.93. The summed E-state index contributed by atoms with van der Waals surface area (Å²) in [5.41, 5.74) is 0. The standard InChI is InChI=1S/C5H7O4P/c1-2-5(6)8-3-4-9-10-7/h2H,1,3-4H2. The van der Waals surface area contributed by atoms with Gasteiger partial charge in [-0.25, -0.2) is 9.36 Å². The van der Waals surface area contributed by atoms with Gasteiger partial charge in [0.1, 0.15) is 6.61 Å². The molecule has 0 radical (unpaired) electrons. The lowest BCUT2D eigenvalue weighted by Crippen LogP contribution is -2.05. The van der Waals surface area contributed by atoms with Gasteiger partial charge in [-0.2, -0.15) is 0 Å². The number of esters is 1. The molecule has 5 heteroatoms. The number of ether oxygens (including phenoxy) is 1. The van der Waals surface area contributed by atoms with Gasteiger partial charge in [0.2, 0.25) is 0 Å². The molecule has 0 rings (SSSR count). The van der Waals surface area contributed by atoms with Gasteiger partial charge in [-0.3, -0.25) is 4.52 Å². The second-order valence-electron chi connectivity index (χ2n) is 1.28. The Labute approximate surface area is 60.1 Å². The lowest BCUT2D eigenvalue weighted by atomic mass is 10.6. The average Bonchev–Trinajstić information content (AvgIpc) is 1.98. The topological polar surface area (TPSA) is 52.6 Å². The van der Waals surface area contributed by atoms with Crippen LogP contribution in [0.3, 0.4) is 0 Å². The minimum Gasteiger partial charge on any atom is -0.460 e. The molecule has 0 aliphatic carbocycles. The lowest BCUT2D eigenvalue weighted by molar-refractivity contribution is -0.138. The maximum Gasteiger partial charge on any atom is 0.330 e. The van der Waals surface area contributed by atoms with E-state index in [0.717, 1.165) is 6.08 Å². The lowest BCUT2D eigenvalue weighted by Gasteiger charge is -1.96. The third-order valence-electron chi connectivity index (χ3n) is 0.638. The van der Waals surface area contributed by atoms with E-state index in [9.17, 15) is 9.36 Å². The Morgan fingerprint density at radius 3 is 2.80 bits per heavy atom. The molecule has 0 aliphatic heterocycles. The molecular formula is C5H7O4P. The molecule has 0 amide bonds. The summed E-state index contributed by atoms with van der Waals surface area (Å²) < 4.78 is 18.4. The first kappa shape index (κ1) is 9.27. The Kier molecular flexibility index (Phi) is 5.92. The van der Waals surface area contributed by atoms with Crippen LogP contribution in [0.5, 0.6) is 0 Å². The van der Waals surface area contributed by atoms with Gasteiger partial charge in [0.25, 0.3) is 0 Å². The molecule has 0 atom stereocenters. The Hall–Kier alpha value is -0.730. The molecule has 0 N–H and O–H groups in total. The number of carbonyl (C=O) groups excluding carboxylic acids is 1. The highest BCUT2D eigenvalue weighted by atomic mass is 31.1. The molecule has 0 heterocycles. The predicted octanol–water partition coefficient (Wildman–Crippen LogP) is 0.939. The summed E-state index contributed by atoms with van der Waals surface area (Å²) in [5, 5.41) is 0. The summed E-state index contributed by atoms with van der Waals surface area (Å²) in [6.07, 6.45) is 1.05. The van der Waals surface area contributed by atoms with E-state index in [-0.39, 0.29) is 13.2 Å². The molecule has 4 nitrogen and oxygen atoms in total. The minimum absolute atomic E-state index is 0.0973. The van der Waals surface area contributed by atoms with E-state index < -0.39 is 14.7 Å². The van der Waals surface area contributed by atoms with Crippen LogP contribution >= 0.6 is 8.69 Å². The largest absolute Gasteiger partial charge is 0.460 e. The molecule has 0 fully saturated rings. The highest BCUT2D eigenvalue weighted by molar-refractivity contribution is 7.17. The summed E-state index contributed by atoms with van der Waals surface area (Å²) in [4.78, 5) is 10.3. The predicted molar refractivity (Wildman–Crippen MR) is 34.7 cm³/mol. The van der Waals surface area contributed by atoms with E-state index >= 15 is 0 Å². The van der Waals surface area contributed by atoms with E-state index in [4.69, 9.17) is 0 Å². The maximum atomic E-state index is 10.3. The van der Waals surface area contributed by atoms with E-state index in [1.54, 1.807) is 0 Å². The first-order valence-corrected chi connectivity index (χ1v) is 3.28. The van der Waals surface area contributed by atoms with E-state index in [2.05, 4.69) is 15.8 Å². The molecular weight excluding hydrogens is 155 g/mol. The molecule has 0 saturated heterocycles. The third-order valence-corrected chi connectivity index (χ3v) is 0.926. The first-order valence-electron chi connectivity index (χ1n) is 2.55.